The van der Waals surface area contributed by atoms with Crippen LogP contribution < -0.4 is 0 Å². The third-order valence-electron chi connectivity index (χ3n) is 3.61. The summed E-state index contributed by atoms with van der Waals surface area (Å²) in [5.41, 5.74) is 5.42. The lowest BCUT2D eigenvalue weighted by atomic mass is 9.96. The number of benzene rings is 2. The Hall–Kier alpha value is -1.82. The van der Waals surface area contributed by atoms with Crippen molar-refractivity contribution >= 4 is 11.6 Å². The highest BCUT2D eigenvalue weighted by molar-refractivity contribution is 5.81. The summed E-state index contributed by atoms with van der Waals surface area (Å²) < 4.78 is 0. The Morgan fingerprint density at radius 3 is 2.25 bits per heavy atom. The van der Waals surface area contributed by atoms with E-state index in [0.717, 1.165) is 6.42 Å². The van der Waals surface area contributed by atoms with Crippen molar-refractivity contribution in [3.63, 3.8) is 0 Å². The molecule has 0 unspecified atom stereocenters. The highest BCUT2D eigenvalue weighted by atomic mass is 14.1. The summed E-state index contributed by atoms with van der Waals surface area (Å²) in [6.07, 6.45) is 7.33. The van der Waals surface area contributed by atoms with Gasteiger partial charge in [-0.25, -0.2) is 0 Å². The van der Waals surface area contributed by atoms with Gasteiger partial charge in [0, 0.05) is 0 Å². The third-order valence-corrected chi connectivity index (χ3v) is 3.61. The Morgan fingerprint density at radius 1 is 0.900 bits per heavy atom. The molecule has 0 amide bonds. The van der Waals surface area contributed by atoms with E-state index in [4.69, 9.17) is 0 Å². The van der Waals surface area contributed by atoms with E-state index in [1.807, 2.05) is 0 Å². The minimum Gasteiger partial charge on any atom is -0.0654 e. The third kappa shape index (κ3) is 4.38. The molecular weight excluding hydrogens is 240 g/mol. The number of hydrogen-bond acceptors (Lipinski definition) is 0. The summed E-state index contributed by atoms with van der Waals surface area (Å²) in [4.78, 5) is 0. The van der Waals surface area contributed by atoms with Crippen LogP contribution in [0.15, 0.2) is 54.6 Å². The molecule has 0 heterocycles. The molecule has 0 bridgehead atoms. The predicted molar refractivity (Wildman–Crippen MR) is 89.6 cm³/mol. The smallest absolute Gasteiger partial charge is 0.0224 e. The summed E-state index contributed by atoms with van der Waals surface area (Å²) in [6, 6.07) is 19.5. The van der Waals surface area contributed by atoms with Crippen molar-refractivity contribution in [3.8, 4) is 0 Å². The molecule has 0 heteroatoms. The van der Waals surface area contributed by atoms with E-state index >= 15 is 0 Å². The van der Waals surface area contributed by atoms with Gasteiger partial charge in [0.05, 0.1) is 0 Å². The van der Waals surface area contributed by atoms with Gasteiger partial charge in [0.2, 0.25) is 0 Å². The molecule has 0 aliphatic heterocycles. The van der Waals surface area contributed by atoms with Gasteiger partial charge in [-0.05, 0) is 36.5 Å². The Balaban J connectivity index is 2.24. The zero-order valence-electron chi connectivity index (χ0n) is 12.6. The monoisotopic (exact) mass is 264 g/mol. The number of aryl methyl sites for hydroxylation is 1. The van der Waals surface area contributed by atoms with Crippen LogP contribution in [0.4, 0.5) is 0 Å². The van der Waals surface area contributed by atoms with Crippen LogP contribution in [0.3, 0.4) is 0 Å². The van der Waals surface area contributed by atoms with Crippen molar-refractivity contribution in [3.05, 3.63) is 71.3 Å². The summed E-state index contributed by atoms with van der Waals surface area (Å²) in [6.45, 7) is 4.40. The predicted octanol–water partition coefficient (Wildman–Crippen LogP) is 6.12. The highest BCUT2D eigenvalue weighted by Gasteiger charge is 2.02. The maximum atomic E-state index is 2.33. The molecule has 0 N–H and O–H groups in total. The Bertz CT molecular complexity index is 532. The van der Waals surface area contributed by atoms with Crippen LogP contribution in [-0.2, 0) is 0 Å². The molecule has 0 nitrogen and oxygen atoms in total. The first-order valence-corrected chi connectivity index (χ1v) is 7.62. The topological polar surface area (TPSA) is 0 Å². The maximum absolute atomic E-state index is 2.33. The summed E-state index contributed by atoms with van der Waals surface area (Å²) in [5, 5.41) is 0. The molecule has 0 radical (unpaired) electrons. The van der Waals surface area contributed by atoms with Crippen molar-refractivity contribution in [2.45, 2.75) is 39.5 Å². The molecule has 2 aromatic rings. The second-order valence-corrected chi connectivity index (χ2v) is 5.40. The lowest BCUT2D eigenvalue weighted by molar-refractivity contribution is 0.736. The Kier molecular flexibility index (Phi) is 5.61. The highest BCUT2D eigenvalue weighted by Crippen LogP contribution is 2.24. The molecule has 0 fully saturated rings. The molecule has 0 aliphatic carbocycles. The molecule has 0 saturated heterocycles. The Labute approximate surface area is 123 Å². The molecule has 2 aromatic carbocycles. The molecule has 104 valence electrons. The van der Waals surface area contributed by atoms with Crippen LogP contribution in [0.1, 0.15) is 49.3 Å². The van der Waals surface area contributed by atoms with Gasteiger partial charge in [0.15, 0.2) is 0 Å². The van der Waals surface area contributed by atoms with Gasteiger partial charge in [0.25, 0.3) is 0 Å². The Morgan fingerprint density at radius 2 is 1.60 bits per heavy atom. The standard InChI is InChI=1S/C20H24/c1-3-4-6-11-20(16-18-9-7-5-8-10-18)19-14-12-17(2)13-15-19/h5,7-10,12-16H,3-4,6,11H2,1-2H3/b20-16-. The molecule has 0 aromatic heterocycles. The molecule has 0 saturated carbocycles. The van der Waals surface area contributed by atoms with Crippen molar-refractivity contribution in [1.82, 2.24) is 0 Å². The average Bonchev–Trinajstić information content (AvgIpc) is 2.48. The lowest BCUT2D eigenvalue weighted by Gasteiger charge is -2.09. The largest absolute Gasteiger partial charge is 0.0654 e. The van der Waals surface area contributed by atoms with Gasteiger partial charge in [0.1, 0.15) is 0 Å². The molecule has 20 heavy (non-hydrogen) atoms. The summed E-state index contributed by atoms with van der Waals surface area (Å²) in [5.74, 6) is 0. The van der Waals surface area contributed by atoms with Gasteiger partial charge in [-0.2, -0.15) is 0 Å². The van der Waals surface area contributed by atoms with E-state index in [9.17, 15) is 0 Å². The van der Waals surface area contributed by atoms with E-state index in [1.54, 1.807) is 0 Å². The van der Waals surface area contributed by atoms with Gasteiger partial charge in [-0.15, -0.1) is 0 Å². The molecule has 2 rings (SSSR count). The van der Waals surface area contributed by atoms with Crippen LogP contribution in [0.2, 0.25) is 0 Å². The van der Waals surface area contributed by atoms with Gasteiger partial charge >= 0.3 is 0 Å². The first-order valence-electron chi connectivity index (χ1n) is 7.62. The fourth-order valence-corrected chi connectivity index (χ4v) is 2.38. The number of unbranched alkanes of at least 4 members (excludes halogenated alkanes) is 2. The molecule has 0 spiro atoms. The van der Waals surface area contributed by atoms with E-state index < -0.39 is 0 Å². The van der Waals surface area contributed by atoms with Gasteiger partial charge in [-0.1, -0.05) is 86.0 Å². The average molecular weight is 264 g/mol. The SMILES string of the molecule is CCCCC/C(=C/c1ccccc1)c1ccc(C)cc1. The van der Waals surface area contributed by atoms with E-state index in [2.05, 4.69) is 74.5 Å². The first kappa shape index (κ1) is 14.6. The van der Waals surface area contributed by atoms with Crippen LogP contribution in [0.25, 0.3) is 11.6 Å². The van der Waals surface area contributed by atoms with Crippen LogP contribution >= 0.6 is 0 Å². The van der Waals surface area contributed by atoms with Crippen molar-refractivity contribution < 1.29 is 0 Å². The number of hydrogen-bond donors (Lipinski definition) is 0. The normalized spacial score (nSPS) is 11.6. The van der Waals surface area contributed by atoms with Crippen LogP contribution in [0, 0.1) is 6.92 Å². The zero-order valence-corrected chi connectivity index (χ0v) is 12.6. The molecule has 0 aliphatic rings. The summed E-state index contributed by atoms with van der Waals surface area (Å²) >= 11 is 0. The first-order chi connectivity index (χ1) is 9.79. The van der Waals surface area contributed by atoms with Crippen molar-refractivity contribution in [2.75, 3.05) is 0 Å². The maximum Gasteiger partial charge on any atom is -0.0224 e. The minimum absolute atomic E-state index is 1.16. The quantitative estimate of drug-likeness (QED) is 0.436. The lowest BCUT2D eigenvalue weighted by Crippen LogP contribution is -1.87. The summed E-state index contributed by atoms with van der Waals surface area (Å²) in [7, 11) is 0. The fraction of sp³-hybridized carbons (Fsp3) is 0.300. The second kappa shape index (κ2) is 7.69. The van der Waals surface area contributed by atoms with Crippen molar-refractivity contribution in [1.29, 1.82) is 0 Å². The fourth-order valence-electron chi connectivity index (χ4n) is 2.38. The van der Waals surface area contributed by atoms with E-state index in [0.29, 0.717) is 0 Å². The number of rotatable bonds is 6. The van der Waals surface area contributed by atoms with E-state index in [-0.39, 0.29) is 0 Å². The van der Waals surface area contributed by atoms with Crippen molar-refractivity contribution in [2.24, 2.45) is 0 Å². The van der Waals surface area contributed by atoms with Gasteiger partial charge in [-0.3, -0.25) is 0 Å². The molecule has 0 atom stereocenters. The minimum atomic E-state index is 1.16. The van der Waals surface area contributed by atoms with Crippen LogP contribution in [-0.4, -0.2) is 0 Å². The second-order valence-electron chi connectivity index (χ2n) is 5.40. The number of allylic oxidation sites excluding steroid dienone is 1. The molecular formula is C20H24. The zero-order chi connectivity index (χ0) is 14.2. The van der Waals surface area contributed by atoms with Gasteiger partial charge < -0.3 is 0 Å². The van der Waals surface area contributed by atoms with Crippen LogP contribution in [0.5, 0.6) is 0 Å². The van der Waals surface area contributed by atoms with E-state index in [1.165, 1.54) is 41.5 Å².